The van der Waals surface area contributed by atoms with Crippen LogP contribution in [0.5, 0.6) is 0 Å². The maximum atomic E-state index is 13.3. The van der Waals surface area contributed by atoms with Crippen LogP contribution in [-0.4, -0.2) is 66.3 Å². The maximum absolute atomic E-state index is 13.3. The lowest BCUT2D eigenvalue weighted by atomic mass is 9.97. The van der Waals surface area contributed by atoms with Crippen molar-refractivity contribution in [2.75, 3.05) is 37.6 Å². The third-order valence-corrected chi connectivity index (χ3v) is 6.74. The van der Waals surface area contributed by atoms with Gasteiger partial charge in [-0.05, 0) is 57.0 Å². The summed E-state index contributed by atoms with van der Waals surface area (Å²) in [4.78, 5) is 21.9. The number of carbonyl (C=O) groups excluding carboxylic acids is 1. The van der Waals surface area contributed by atoms with Gasteiger partial charge in [-0.15, -0.1) is 12.4 Å². The van der Waals surface area contributed by atoms with Crippen molar-refractivity contribution in [2.24, 2.45) is 0 Å². The predicted molar refractivity (Wildman–Crippen MR) is 121 cm³/mol. The fourth-order valence-electron chi connectivity index (χ4n) is 5.29. The Balaban J connectivity index is 0.00000231. The Kier molecular flexibility index (Phi) is 6.07. The number of nitrogens with one attached hydrogen (secondary N) is 1. The van der Waals surface area contributed by atoms with Gasteiger partial charge in [0.2, 0.25) is 0 Å². The molecule has 8 heteroatoms. The number of likely N-dealkylation sites (tertiary alicyclic amines) is 1. The number of rotatable bonds is 2. The summed E-state index contributed by atoms with van der Waals surface area (Å²) < 4.78 is 6.10. The van der Waals surface area contributed by atoms with Gasteiger partial charge in [-0.25, -0.2) is 0 Å². The molecule has 1 aromatic heterocycles. The average Bonchev–Trinajstić information content (AvgIpc) is 3.41. The van der Waals surface area contributed by atoms with Crippen LogP contribution in [0.1, 0.15) is 31.7 Å². The number of hydrogen-bond donors (Lipinski definition) is 1. The number of ether oxygens (including phenoxy) is 1. The highest BCUT2D eigenvalue weighted by atomic mass is 35.5. The Bertz CT molecular complexity index is 1020. The molecule has 31 heavy (non-hydrogen) atoms. The van der Waals surface area contributed by atoms with E-state index in [0.717, 1.165) is 43.5 Å². The number of nitrogens with zero attached hydrogens (tertiary/aromatic N) is 4. The van der Waals surface area contributed by atoms with Gasteiger partial charge in [0.05, 0.1) is 23.7 Å². The van der Waals surface area contributed by atoms with Crippen molar-refractivity contribution in [1.82, 2.24) is 15.2 Å². The molecule has 4 heterocycles. The molecule has 164 valence electrons. The SMILES string of the molecule is C[C@@H]1CN(c2ccc(C#N)c3ncccc23)C[C@H](C(=O)N2CCC3(CCCN3)C2)O1.Cl. The van der Waals surface area contributed by atoms with Gasteiger partial charge in [0.15, 0.2) is 6.10 Å². The van der Waals surface area contributed by atoms with Crippen molar-refractivity contribution in [2.45, 2.75) is 43.9 Å². The van der Waals surface area contributed by atoms with Gasteiger partial charge in [-0.3, -0.25) is 9.78 Å². The van der Waals surface area contributed by atoms with Crippen LogP contribution in [0.25, 0.3) is 10.9 Å². The molecule has 5 rings (SSSR count). The molecule has 3 atom stereocenters. The number of morpholine rings is 1. The molecule has 0 saturated carbocycles. The number of fused-ring (bicyclic) bond motifs is 1. The van der Waals surface area contributed by atoms with E-state index in [2.05, 4.69) is 21.3 Å². The number of halogens is 1. The molecular formula is C23H28ClN5O2. The molecule has 7 nitrogen and oxygen atoms in total. The molecule has 1 unspecified atom stereocenters. The minimum absolute atomic E-state index is 0. The number of hydrogen-bond acceptors (Lipinski definition) is 6. The smallest absolute Gasteiger partial charge is 0.253 e. The molecule has 0 aliphatic carbocycles. The van der Waals surface area contributed by atoms with Gasteiger partial charge in [0.1, 0.15) is 6.07 Å². The summed E-state index contributed by atoms with van der Waals surface area (Å²) in [5.74, 6) is 0.0909. The molecule has 1 N–H and O–H groups in total. The highest BCUT2D eigenvalue weighted by Crippen LogP contribution is 2.33. The van der Waals surface area contributed by atoms with E-state index in [1.807, 2.05) is 36.1 Å². The van der Waals surface area contributed by atoms with Crippen LogP contribution >= 0.6 is 12.4 Å². The highest BCUT2D eigenvalue weighted by molar-refractivity contribution is 5.95. The van der Waals surface area contributed by atoms with E-state index in [4.69, 9.17) is 4.74 Å². The zero-order valence-corrected chi connectivity index (χ0v) is 18.5. The third kappa shape index (κ3) is 3.96. The maximum Gasteiger partial charge on any atom is 0.253 e. The van der Waals surface area contributed by atoms with Crippen LogP contribution in [0.4, 0.5) is 5.69 Å². The summed E-state index contributed by atoms with van der Waals surface area (Å²) in [6.07, 6.45) is 4.53. The van der Waals surface area contributed by atoms with Crippen LogP contribution in [0.3, 0.4) is 0 Å². The molecule has 1 aromatic carbocycles. The molecular weight excluding hydrogens is 414 g/mol. The van der Waals surface area contributed by atoms with Gasteiger partial charge >= 0.3 is 0 Å². The van der Waals surface area contributed by atoms with Crippen molar-refractivity contribution in [3.8, 4) is 6.07 Å². The molecule has 0 bridgehead atoms. The van der Waals surface area contributed by atoms with Gasteiger partial charge in [0, 0.05) is 42.4 Å². The number of pyridine rings is 1. The van der Waals surface area contributed by atoms with Crippen LogP contribution < -0.4 is 10.2 Å². The summed E-state index contributed by atoms with van der Waals surface area (Å²) in [5.41, 5.74) is 2.38. The Morgan fingerprint density at radius 2 is 2.19 bits per heavy atom. The first-order valence-electron chi connectivity index (χ1n) is 10.8. The Morgan fingerprint density at radius 1 is 1.32 bits per heavy atom. The Morgan fingerprint density at radius 3 is 2.97 bits per heavy atom. The first-order valence-corrected chi connectivity index (χ1v) is 10.8. The molecule has 3 saturated heterocycles. The molecule has 3 fully saturated rings. The number of aromatic nitrogens is 1. The van der Waals surface area contributed by atoms with Crippen LogP contribution in [0.15, 0.2) is 30.5 Å². The van der Waals surface area contributed by atoms with E-state index in [1.165, 1.54) is 6.42 Å². The van der Waals surface area contributed by atoms with E-state index in [9.17, 15) is 10.1 Å². The van der Waals surface area contributed by atoms with Gasteiger partial charge in [-0.2, -0.15) is 5.26 Å². The van der Waals surface area contributed by atoms with E-state index >= 15 is 0 Å². The van der Waals surface area contributed by atoms with Crippen molar-refractivity contribution in [1.29, 1.82) is 5.26 Å². The lowest BCUT2D eigenvalue weighted by molar-refractivity contribution is -0.147. The van der Waals surface area contributed by atoms with Crippen molar-refractivity contribution < 1.29 is 9.53 Å². The summed E-state index contributed by atoms with van der Waals surface area (Å²) in [6, 6.07) is 9.89. The van der Waals surface area contributed by atoms with E-state index in [-0.39, 0.29) is 30.0 Å². The minimum Gasteiger partial charge on any atom is -0.365 e. The van der Waals surface area contributed by atoms with Crippen LogP contribution in [0, 0.1) is 11.3 Å². The molecule has 3 aliphatic heterocycles. The average molecular weight is 442 g/mol. The second-order valence-electron chi connectivity index (χ2n) is 8.80. The number of anilines is 1. The third-order valence-electron chi connectivity index (χ3n) is 6.74. The fourth-order valence-corrected chi connectivity index (χ4v) is 5.29. The van der Waals surface area contributed by atoms with Crippen LogP contribution in [0.2, 0.25) is 0 Å². The molecule has 2 aromatic rings. The largest absolute Gasteiger partial charge is 0.365 e. The topological polar surface area (TPSA) is 81.5 Å². The number of carbonyl (C=O) groups is 1. The Labute approximate surface area is 188 Å². The van der Waals surface area contributed by atoms with Crippen molar-refractivity contribution in [3.63, 3.8) is 0 Å². The summed E-state index contributed by atoms with van der Waals surface area (Å²) in [7, 11) is 0. The zero-order chi connectivity index (χ0) is 20.7. The number of amides is 1. The second-order valence-corrected chi connectivity index (χ2v) is 8.80. The van der Waals surface area contributed by atoms with E-state index < -0.39 is 6.10 Å². The second kappa shape index (κ2) is 8.62. The normalized spacial score (nSPS) is 28.0. The summed E-state index contributed by atoms with van der Waals surface area (Å²) >= 11 is 0. The standard InChI is InChI=1S/C23H27N5O2.ClH/c1-16-13-28(19-6-5-17(12-24)21-18(19)4-2-9-25-21)14-20(30-16)22(29)27-11-8-23(15-27)7-3-10-26-23;/h2,4-6,9,16,20,26H,3,7-8,10-11,13-15H2,1H3;1H/t16-,20-,23?;/m1./s1. The van der Waals surface area contributed by atoms with E-state index in [0.29, 0.717) is 24.2 Å². The first-order chi connectivity index (χ1) is 14.6. The quantitative estimate of drug-likeness (QED) is 0.771. The first kappa shape index (κ1) is 21.8. The zero-order valence-electron chi connectivity index (χ0n) is 17.7. The summed E-state index contributed by atoms with van der Waals surface area (Å²) in [5, 5.41) is 14.0. The van der Waals surface area contributed by atoms with Gasteiger partial charge in [-0.1, -0.05) is 0 Å². The molecule has 3 aliphatic rings. The van der Waals surface area contributed by atoms with Gasteiger partial charge < -0.3 is 19.9 Å². The lowest BCUT2D eigenvalue weighted by Crippen LogP contribution is -2.54. The predicted octanol–water partition coefficient (Wildman–Crippen LogP) is 2.48. The van der Waals surface area contributed by atoms with Crippen LogP contribution in [-0.2, 0) is 9.53 Å². The van der Waals surface area contributed by atoms with Gasteiger partial charge in [0.25, 0.3) is 5.91 Å². The fraction of sp³-hybridized carbons (Fsp3) is 0.522. The molecule has 1 amide bonds. The number of benzene rings is 1. The highest BCUT2D eigenvalue weighted by Gasteiger charge is 2.44. The Hall–Kier alpha value is -2.40. The van der Waals surface area contributed by atoms with E-state index in [1.54, 1.807) is 6.20 Å². The minimum atomic E-state index is -0.479. The monoisotopic (exact) mass is 441 g/mol. The van der Waals surface area contributed by atoms with Crippen molar-refractivity contribution >= 4 is 34.9 Å². The summed E-state index contributed by atoms with van der Waals surface area (Å²) in [6.45, 7) is 5.85. The van der Waals surface area contributed by atoms with Crippen molar-refractivity contribution in [3.05, 3.63) is 36.0 Å². The lowest BCUT2D eigenvalue weighted by Gasteiger charge is -2.39. The number of nitriles is 1. The molecule has 1 spiro atoms. The molecule has 0 radical (unpaired) electrons.